The maximum Gasteiger partial charge on any atom is 0.341 e. The number of aromatic carboxylic acids is 1. The van der Waals surface area contributed by atoms with Gasteiger partial charge in [0, 0.05) is 38.0 Å². The van der Waals surface area contributed by atoms with Crippen LogP contribution in [0.4, 0.5) is 0 Å². The summed E-state index contributed by atoms with van der Waals surface area (Å²) in [7, 11) is 1.63. The molecule has 1 saturated heterocycles. The number of carbonyl (C=O) groups is 1. The van der Waals surface area contributed by atoms with Crippen LogP contribution in [-0.4, -0.2) is 46.7 Å². The monoisotopic (exact) mass is 414 g/mol. The summed E-state index contributed by atoms with van der Waals surface area (Å²) < 4.78 is 12.6. The maximum atomic E-state index is 12.4. The fourth-order valence-corrected chi connectivity index (χ4v) is 4.52. The van der Waals surface area contributed by atoms with Gasteiger partial charge in [0.2, 0.25) is 0 Å². The predicted molar refractivity (Wildman–Crippen MR) is 111 cm³/mol. The Morgan fingerprint density at radius 3 is 2.73 bits per heavy atom. The lowest BCUT2D eigenvalue weighted by molar-refractivity contribution is 0.0694. The summed E-state index contributed by atoms with van der Waals surface area (Å²) in [5.41, 5.74) is 1.17. The molecule has 1 atom stereocenters. The second-order valence-electron chi connectivity index (χ2n) is 8.40. The second kappa shape index (κ2) is 7.36. The Labute approximate surface area is 174 Å². The second-order valence-corrected chi connectivity index (χ2v) is 8.40. The minimum absolute atomic E-state index is 0.0156. The van der Waals surface area contributed by atoms with Gasteiger partial charge >= 0.3 is 5.97 Å². The number of carboxylic acid groups (broad SMARTS) is 1. The number of fused-ring (bicyclic) bond motifs is 6. The minimum atomic E-state index is -1.25. The number of methoxy groups -OCH3 is 1. The van der Waals surface area contributed by atoms with E-state index in [1.165, 1.54) is 12.3 Å². The molecule has 2 aliphatic rings. The molecule has 0 bridgehead atoms. The molecule has 0 aliphatic carbocycles. The summed E-state index contributed by atoms with van der Waals surface area (Å²) in [5, 5.41) is 22.1. The Balaban J connectivity index is 1.86. The molecule has 30 heavy (non-hydrogen) atoms. The van der Waals surface area contributed by atoms with Crippen molar-refractivity contribution in [1.82, 2.24) is 4.68 Å². The summed E-state index contributed by atoms with van der Waals surface area (Å²) in [6.45, 7) is 5.18. The lowest BCUT2D eigenvalue weighted by Crippen LogP contribution is -2.50. The number of benzene rings is 1. The van der Waals surface area contributed by atoms with Crippen LogP contribution in [0.3, 0.4) is 0 Å². The Morgan fingerprint density at radius 2 is 2.03 bits per heavy atom. The molecule has 1 aromatic heterocycles. The number of phenols is 1. The Morgan fingerprint density at radius 1 is 1.27 bits per heavy atom. The molecular formula is C22H26N2O6. The first-order valence-electron chi connectivity index (χ1n) is 10.0. The molecule has 0 amide bonds. The Hall–Kier alpha value is -3.00. The molecule has 0 spiro atoms. The van der Waals surface area contributed by atoms with Gasteiger partial charge in [0.25, 0.3) is 0 Å². The van der Waals surface area contributed by atoms with Crippen LogP contribution in [0.2, 0.25) is 0 Å². The van der Waals surface area contributed by atoms with Gasteiger partial charge < -0.3 is 19.7 Å². The van der Waals surface area contributed by atoms with E-state index < -0.39 is 11.4 Å². The highest BCUT2D eigenvalue weighted by Gasteiger charge is 2.45. The van der Waals surface area contributed by atoms with Crippen LogP contribution in [0, 0.1) is 0 Å². The van der Waals surface area contributed by atoms with Crippen molar-refractivity contribution in [2.45, 2.75) is 44.7 Å². The van der Waals surface area contributed by atoms with E-state index in [1.807, 2.05) is 6.07 Å². The van der Waals surface area contributed by atoms with Crippen molar-refractivity contribution in [3.8, 4) is 22.8 Å². The summed E-state index contributed by atoms with van der Waals surface area (Å²) >= 11 is 0. The smallest absolute Gasteiger partial charge is 0.341 e. The largest absolute Gasteiger partial charge is 0.504 e. The van der Waals surface area contributed by atoms with Gasteiger partial charge in [-0.25, -0.2) is 4.79 Å². The van der Waals surface area contributed by atoms with Gasteiger partial charge in [0.15, 0.2) is 16.9 Å². The number of phenolic OH excluding ortho intramolecular Hbond substituents is 1. The van der Waals surface area contributed by atoms with Gasteiger partial charge in [-0.1, -0.05) is 0 Å². The number of pyridine rings is 1. The van der Waals surface area contributed by atoms with Crippen molar-refractivity contribution in [3.05, 3.63) is 45.7 Å². The number of ether oxygens (including phenoxy) is 2. The summed E-state index contributed by atoms with van der Waals surface area (Å²) in [6, 6.07) is 4.77. The van der Waals surface area contributed by atoms with Crippen LogP contribution in [0.25, 0.3) is 11.3 Å². The van der Waals surface area contributed by atoms with E-state index >= 15 is 0 Å². The average Bonchev–Trinajstić information content (AvgIpc) is 3.01. The van der Waals surface area contributed by atoms with E-state index in [0.717, 1.165) is 18.4 Å². The van der Waals surface area contributed by atoms with E-state index in [-0.39, 0.29) is 22.9 Å². The predicted octanol–water partition coefficient (Wildman–Crippen LogP) is 2.90. The molecule has 2 aliphatic heterocycles. The number of aromatic hydroxyl groups is 1. The van der Waals surface area contributed by atoms with E-state index in [4.69, 9.17) is 9.47 Å². The van der Waals surface area contributed by atoms with Gasteiger partial charge in [0.05, 0.1) is 23.9 Å². The molecule has 160 valence electrons. The fourth-order valence-electron chi connectivity index (χ4n) is 4.52. The number of nitrogens with zero attached hydrogens (tertiary/aromatic N) is 2. The first-order chi connectivity index (χ1) is 14.2. The molecular weight excluding hydrogens is 388 g/mol. The molecule has 3 heterocycles. The Bertz CT molecular complexity index is 1060. The van der Waals surface area contributed by atoms with Crippen LogP contribution in [0.15, 0.2) is 29.2 Å². The molecule has 0 radical (unpaired) electrons. The van der Waals surface area contributed by atoms with Crippen LogP contribution < -0.4 is 15.2 Å². The maximum absolute atomic E-state index is 12.4. The highest BCUT2D eigenvalue weighted by molar-refractivity contribution is 5.88. The normalized spacial score (nSPS) is 18.5. The number of carboxylic acids is 1. The first-order valence-corrected chi connectivity index (χ1v) is 10.0. The molecule has 2 aromatic rings. The van der Waals surface area contributed by atoms with Crippen molar-refractivity contribution in [2.75, 3.05) is 25.3 Å². The molecule has 8 heteroatoms. The molecule has 1 unspecified atom stereocenters. The summed E-state index contributed by atoms with van der Waals surface area (Å²) in [5.74, 6) is -0.872. The summed E-state index contributed by atoms with van der Waals surface area (Å²) in [6.07, 6.45) is 3.86. The third-order valence-electron chi connectivity index (χ3n) is 5.96. The topological polar surface area (TPSA) is 101 Å². The van der Waals surface area contributed by atoms with E-state index in [1.54, 1.807) is 17.9 Å². The molecule has 4 rings (SSSR count). The van der Waals surface area contributed by atoms with Crippen LogP contribution in [0.5, 0.6) is 11.5 Å². The van der Waals surface area contributed by atoms with Crippen molar-refractivity contribution in [1.29, 1.82) is 0 Å². The Kier molecular flexibility index (Phi) is 4.97. The fraction of sp³-hybridized carbons (Fsp3) is 0.455. The van der Waals surface area contributed by atoms with E-state index in [9.17, 15) is 19.8 Å². The van der Waals surface area contributed by atoms with Gasteiger partial charge in [-0.2, -0.15) is 0 Å². The molecule has 0 saturated carbocycles. The van der Waals surface area contributed by atoms with Crippen molar-refractivity contribution in [3.63, 3.8) is 0 Å². The molecule has 8 nitrogen and oxygen atoms in total. The number of hydrogen-bond acceptors (Lipinski definition) is 6. The van der Waals surface area contributed by atoms with Gasteiger partial charge in [-0.15, -0.1) is 0 Å². The average molecular weight is 414 g/mol. The van der Waals surface area contributed by atoms with Crippen molar-refractivity contribution in [2.24, 2.45) is 0 Å². The van der Waals surface area contributed by atoms with E-state index in [0.29, 0.717) is 36.6 Å². The highest BCUT2D eigenvalue weighted by Crippen LogP contribution is 2.50. The van der Waals surface area contributed by atoms with Gasteiger partial charge in [0.1, 0.15) is 5.56 Å². The zero-order valence-corrected chi connectivity index (χ0v) is 17.3. The number of rotatable bonds is 6. The van der Waals surface area contributed by atoms with Gasteiger partial charge in [-0.3, -0.25) is 14.5 Å². The van der Waals surface area contributed by atoms with E-state index in [2.05, 4.69) is 18.9 Å². The SMILES string of the molecule is COCCCOc1cc2c(cc1O)-c1cc(=O)c(C(=O)O)cn1N1C2CCC1(C)C. The zero-order chi connectivity index (χ0) is 21.6. The quantitative estimate of drug-likeness (QED) is 0.701. The summed E-state index contributed by atoms with van der Waals surface area (Å²) in [4.78, 5) is 24.0. The van der Waals surface area contributed by atoms with Crippen LogP contribution >= 0.6 is 0 Å². The van der Waals surface area contributed by atoms with Crippen molar-refractivity contribution < 1.29 is 24.5 Å². The zero-order valence-electron chi connectivity index (χ0n) is 17.3. The van der Waals surface area contributed by atoms with Crippen LogP contribution in [-0.2, 0) is 4.74 Å². The number of aromatic nitrogens is 1. The standard InChI is InChI=1S/C22H26N2O6/c1-22(2)6-5-16-14-10-20(30-8-4-7-29-3)19(26)9-13(14)17-11-18(25)15(21(27)28)12-23(17)24(16)22/h9-12,16,26H,4-8H2,1-3H3,(H,27,28). The first kappa shape index (κ1) is 20.3. The molecule has 1 aromatic carbocycles. The van der Waals surface area contributed by atoms with Crippen molar-refractivity contribution >= 4 is 5.97 Å². The lowest BCUT2D eigenvalue weighted by Gasteiger charge is -2.44. The van der Waals surface area contributed by atoms with Gasteiger partial charge in [-0.05, 0) is 44.4 Å². The minimum Gasteiger partial charge on any atom is -0.504 e. The molecule has 1 fully saturated rings. The molecule has 2 N–H and O–H groups in total. The van der Waals surface area contributed by atoms with Crippen LogP contribution in [0.1, 0.15) is 55.1 Å². The lowest BCUT2D eigenvalue weighted by atomic mass is 9.93. The third kappa shape index (κ3) is 3.21. The highest BCUT2D eigenvalue weighted by atomic mass is 16.5. The number of hydrogen-bond donors (Lipinski definition) is 2. The third-order valence-corrected chi connectivity index (χ3v) is 5.96.